The topological polar surface area (TPSA) is 63.7 Å². The van der Waals surface area contributed by atoms with Gasteiger partial charge >= 0.3 is 5.97 Å². The van der Waals surface area contributed by atoms with Crippen LogP contribution in [0.15, 0.2) is 11.8 Å². The summed E-state index contributed by atoms with van der Waals surface area (Å²) in [4.78, 5) is 23.5. The maximum Gasteiger partial charge on any atom is 0.302 e. The number of amides is 1. The quantitative estimate of drug-likeness (QED) is 0.508. The predicted octanol–water partition coefficient (Wildman–Crippen LogP) is -0.248. The minimum absolute atomic E-state index is 0.0385. The molecule has 1 fully saturated rings. The van der Waals surface area contributed by atoms with Gasteiger partial charge in [-0.15, -0.1) is 0 Å². The molecule has 7 heteroatoms. The molecule has 0 radical (unpaired) electrons. The number of esters is 1. The lowest BCUT2D eigenvalue weighted by Gasteiger charge is -2.42. The SMILES string of the molecule is CC(=O)OCC1=CN2C(=O)CC2S(=S=O)C1. The Morgan fingerprint density at radius 1 is 1.75 bits per heavy atom. The number of rotatable bonds is 2. The Morgan fingerprint density at radius 3 is 3.06 bits per heavy atom. The Kier molecular flexibility index (Phi) is 3.25. The van der Waals surface area contributed by atoms with E-state index < -0.39 is 9.45 Å². The first-order chi connectivity index (χ1) is 7.61. The van der Waals surface area contributed by atoms with Crippen molar-refractivity contribution in [3.05, 3.63) is 11.8 Å². The van der Waals surface area contributed by atoms with E-state index in [-0.39, 0.29) is 23.9 Å². The third-order valence-corrected chi connectivity index (χ3v) is 5.82. The maximum atomic E-state index is 11.3. The predicted molar refractivity (Wildman–Crippen MR) is 60.3 cm³/mol. The molecule has 16 heavy (non-hydrogen) atoms. The number of hydrogen-bond donors (Lipinski definition) is 0. The van der Waals surface area contributed by atoms with E-state index in [0.717, 1.165) is 5.57 Å². The minimum atomic E-state index is -0.399. The summed E-state index contributed by atoms with van der Waals surface area (Å²) in [5, 5.41) is 0.0658. The van der Waals surface area contributed by atoms with Gasteiger partial charge in [0.15, 0.2) is 0 Å². The fraction of sp³-hybridized carbons (Fsp3) is 0.556. The van der Waals surface area contributed by atoms with Crippen molar-refractivity contribution >= 4 is 31.6 Å². The standard InChI is InChI=1S/C9H11NO4S2/c1-6(11)14-4-7-3-10-8(12)2-9(10)16(5-7)15-13/h3,9H,2,4-5H2,1H3. The van der Waals surface area contributed by atoms with Crippen molar-refractivity contribution < 1.29 is 18.5 Å². The second-order valence-corrected chi connectivity index (χ2v) is 7.04. The molecule has 88 valence electrons. The van der Waals surface area contributed by atoms with Crippen LogP contribution in [0, 0.1) is 0 Å². The van der Waals surface area contributed by atoms with Crippen LogP contribution in [-0.2, 0) is 34.0 Å². The number of β-lactam (4-membered cyclic amide) rings is 1. The fourth-order valence-corrected chi connectivity index (χ4v) is 4.60. The van der Waals surface area contributed by atoms with Crippen LogP contribution >= 0.6 is 0 Å². The Balaban J connectivity index is 2.12. The maximum absolute atomic E-state index is 11.3. The summed E-state index contributed by atoms with van der Waals surface area (Å²) < 4.78 is 15.8. The smallest absolute Gasteiger partial charge is 0.302 e. The van der Waals surface area contributed by atoms with E-state index in [1.165, 1.54) is 6.92 Å². The number of nitrogens with zero attached hydrogens (tertiary/aromatic N) is 1. The molecule has 0 spiro atoms. The number of carbonyl (C=O) groups excluding carboxylic acids is 2. The summed E-state index contributed by atoms with van der Waals surface area (Å²) >= 11 is 0. The largest absolute Gasteiger partial charge is 0.461 e. The first-order valence-electron chi connectivity index (χ1n) is 4.76. The van der Waals surface area contributed by atoms with E-state index >= 15 is 0 Å². The van der Waals surface area contributed by atoms with Crippen LogP contribution in [0.5, 0.6) is 0 Å². The number of carbonyl (C=O) groups is 2. The zero-order valence-electron chi connectivity index (χ0n) is 8.67. The summed E-state index contributed by atoms with van der Waals surface area (Å²) in [6, 6.07) is 0. The van der Waals surface area contributed by atoms with E-state index in [2.05, 4.69) is 0 Å². The van der Waals surface area contributed by atoms with Gasteiger partial charge in [0.05, 0.1) is 11.8 Å². The molecule has 0 aromatic rings. The van der Waals surface area contributed by atoms with Crippen molar-refractivity contribution in [3.8, 4) is 0 Å². The first-order valence-corrected chi connectivity index (χ1v) is 7.47. The highest BCUT2D eigenvalue weighted by Gasteiger charge is 2.40. The van der Waals surface area contributed by atoms with Crippen LogP contribution in [0.2, 0.25) is 0 Å². The lowest BCUT2D eigenvalue weighted by atomic mass is 10.2. The second kappa shape index (κ2) is 4.50. The van der Waals surface area contributed by atoms with Gasteiger partial charge in [0, 0.05) is 18.9 Å². The van der Waals surface area contributed by atoms with Gasteiger partial charge in [0.2, 0.25) is 5.91 Å². The van der Waals surface area contributed by atoms with Gasteiger partial charge in [-0.05, 0) is 5.57 Å². The van der Waals surface area contributed by atoms with E-state index in [4.69, 9.17) is 4.74 Å². The normalized spacial score (nSPS) is 27.7. The molecule has 0 bridgehead atoms. The van der Waals surface area contributed by atoms with Gasteiger partial charge in [-0.3, -0.25) is 9.59 Å². The molecule has 0 saturated carbocycles. The van der Waals surface area contributed by atoms with Crippen LogP contribution in [0.1, 0.15) is 13.3 Å². The van der Waals surface area contributed by atoms with E-state index in [1.54, 1.807) is 11.1 Å². The number of ether oxygens (including phenoxy) is 1. The highest BCUT2D eigenvalue weighted by molar-refractivity contribution is 8.31. The van der Waals surface area contributed by atoms with Gasteiger partial charge in [0.1, 0.15) is 16.8 Å². The zero-order chi connectivity index (χ0) is 11.7. The van der Waals surface area contributed by atoms with E-state index in [9.17, 15) is 13.8 Å². The Hall–Kier alpha value is -0.950. The molecule has 0 N–H and O–H groups in total. The van der Waals surface area contributed by atoms with Crippen LogP contribution in [0.3, 0.4) is 0 Å². The average Bonchev–Trinajstić information content (AvgIpc) is 2.25. The molecule has 1 amide bonds. The summed E-state index contributed by atoms with van der Waals surface area (Å²) in [6.07, 6.45) is 2.19. The molecule has 2 heterocycles. The molecule has 0 aliphatic carbocycles. The minimum Gasteiger partial charge on any atom is -0.461 e. The average molecular weight is 261 g/mol. The lowest BCUT2D eigenvalue weighted by Crippen LogP contribution is -2.54. The van der Waals surface area contributed by atoms with Crippen molar-refractivity contribution in [2.24, 2.45) is 0 Å². The fourth-order valence-electron chi connectivity index (χ4n) is 1.63. The van der Waals surface area contributed by atoms with Crippen LogP contribution in [-0.4, -0.2) is 38.7 Å². The summed E-state index contributed by atoms with van der Waals surface area (Å²) in [6.45, 7) is 1.51. The van der Waals surface area contributed by atoms with Crippen molar-refractivity contribution in [3.63, 3.8) is 0 Å². The summed E-state index contributed by atoms with van der Waals surface area (Å²) in [5.41, 5.74) is 0.839. The van der Waals surface area contributed by atoms with Gasteiger partial charge in [-0.1, -0.05) is 9.45 Å². The molecular formula is C9H11NO4S2. The van der Waals surface area contributed by atoms with Crippen molar-refractivity contribution in [1.29, 1.82) is 0 Å². The third-order valence-electron chi connectivity index (χ3n) is 2.45. The van der Waals surface area contributed by atoms with Gasteiger partial charge in [-0.25, -0.2) is 4.21 Å². The van der Waals surface area contributed by atoms with Crippen LogP contribution < -0.4 is 0 Å². The highest BCUT2D eigenvalue weighted by Crippen LogP contribution is 2.29. The first kappa shape index (κ1) is 11.5. The van der Waals surface area contributed by atoms with E-state index in [0.29, 0.717) is 22.4 Å². The molecule has 2 atom stereocenters. The Labute approximate surface area is 98.1 Å². The second-order valence-electron chi connectivity index (χ2n) is 3.62. The third kappa shape index (κ3) is 2.10. The lowest BCUT2D eigenvalue weighted by molar-refractivity contribution is -0.139. The van der Waals surface area contributed by atoms with Crippen molar-refractivity contribution in [2.75, 3.05) is 12.4 Å². The van der Waals surface area contributed by atoms with Gasteiger partial charge < -0.3 is 9.64 Å². The van der Waals surface area contributed by atoms with Crippen molar-refractivity contribution in [1.82, 2.24) is 4.90 Å². The molecule has 2 aliphatic heterocycles. The molecular weight excluding hydrogens is 250 g/mol. The van der Waals surface area contributed by atoms with Crippen LogP contribution in [0.4, 0.5) is 0 Å². The molecule has 2 unspecified atom stereocenters. The Morgan fingerprint density at radius 2 is 2.50 bits per heavy atom. The summed E-state index contributed by atoms with van der Waals surface area (Å²) in [5.74, 6) is 0.305. The van der Waals surface area contributed by atoms with Gasteiger partial charge in [0.25, 0.3) is 0 Å². The Bertz CT molecular complexity index is 439. The number of fused-ring (bicyclic) bond motifs is 1. The summed E-state index contributed by atoms with van der Waals surface area (Å²) in [7, 11) is 0.153. The molecule has 0 aromatic heterocycles. The van der Waals surface area contributed by atoms with Gasteiger partial charge in [-0.2, -0.15) is 0 Å². The van der Waals surface area contributed by atoms with Crippen LogP contribution in [0.25, 0.3) is 0 Å². The molecule has 2 rings (SSSR count). The van der Waals surface area contributed by atoms with E-state index in [1.807, 2.05) is 0 Å². The molecule has 2 aliphatic rings. The molecule has 5 nitrogen and oxygen atoms in total. The highest BCUT2D eigenvalue weighted by atomic mass is 32.8. The molecule has 0 aromatic carbocycles. The van der Waals surface area contributed by atoms with Crippen molar-refractivity contribution in [2.45, 2.75) is 18.7 Å². The monoisotopic (exact) mass is 261 g/mol. The molecule has 1 saturated heterocycles. The number of hydrogen-bond acceptors (Lipinski definition) is 4. The zero-order valence-corrected chi connectivity index (χ0v) is 10.3.